The fraction of sp³-hybridized carbons (Fsp3) is 0.385. The number of benzene rings is 8. The van der Waals surface area contributed by atoms with Crippen LogP contribution >= 0.6 is 46.4 Å². The zero-order valence-corrected chi connectivity index (χ0v) is 59.2. The number of anilines is 2. The molecule has 0 unspecified atom stereocenters. The predicted octanol–water partition coefficient (Wildman–Crippen LogP) is 15.5. The Morgan fingerprint density at radius 3 is 0.939 bits per heavy atom. The lowest BCUT2D eigenvalue weighted by molar-refractivity contribution is -0.385. The minimum absolute atomic E-state index is 0.0928. The Morgan fingerprint density at radius 2 is 0.643 bits per heavy atom. The van der Waals surface area contributed by atoms with Gasteiger partial charge in [-0.3, -0.25) is 20.2 Å². The Balaban J connectivity index is 0.000000118. The molecule has 98 heavy (non-hydrogen) atoms. The summed E-state index contributed by atoms with van der Waals surface area (Å²) in [5.41, 5.74) is 33.7. The number of nitrogens with zero attached hydrogens (tertiary/aromatic N) is 6. The fourth-order valence-electron chi connectivity index (χ4n) is 17.5. The Kier molecular flexibility index (Phi) is 20.1. The van der Waals surface area contributed by atoms with Crippen LogP contribution in [-0.2, 0) is 51.4 Å². The van der Waals surface area contributed by atoms with Gasteiger partial charge >= 0.3 is 0 Å². The number of phenols is 2. The first kappa shape index (κ1) is 68.9. The van der Waals surface area contributed by atoms with E-state index >= 15 is 0 Å². The van der Waals surface area contributed by atoms with Crippen molar-refractivity contribution in [2.75, 3.05) is 80.1 Å². The van der Waals surface area contributed by atoms with E-state index in [2.05, 4.69) is 90.3 Å². The number of halogens is 4. The average Bonchev–Trinajstić information content (AvgIpc) is 1.36. The monoisotopic (exact) mass is 1400 g/mol. The lowest BCUT2D eigenvalue weighted by atomic mass is 9.74. The molecule has 8 aromatic carbocycles. The molecule has 20 heteroatoms. The maximum Gasteiger partial charge on any atom is 0.269 e. The summed E-state index contributed by atoms with van der Waals surface area (Å²) in [6.07, 6.45) is 11.8. The van der Waals surface area contributed by atoms with Crippen molar-refractivity contribution in [1.29, 1.82) is 0 Å². The molecule has 0 amide bonds. The fourth-order valence-corrected chi connectivity index (χ4v) is 18.4. The van der Waals surface area contributed by atoms with Crippen molar-refractivity contribution in [3.05, 3.63) is 251 Å². The summed E-state index contributed by atoms with van der Waals surface area (Å²) in [7, 11) is 12.0. The number of fused-ring (bicyclic) bond motifs is 20. The molecular formula is C78H84Cl4N8O8. The molecule has 8 aromatic rings. The number of nitro benzene ring substituents is 2. The maximum atomic E-state index is 11.2. The highest BCUT2D eigenvalue weighted by atomic mass is 35.5. The molecule has 4 heterocycles. The molecule has 16 nitrogen and oxygen atoms in total. The molecule has 16 rings (SSSR count). The third kappa shape index (κ3) is 13.4. The summed E-state index contributed by atoms with van der Waals surface area (Å²) >= 11 is 25.0. The summed E-state index contributed by atoms with van der Waals surface area (Å²) in [4.78, 5) is 31.3. The molecule has 0 bridgehead atoms. The first-order chi connectivity index (χ1) is 47.1. The van der Waals surface area contributed by atoms with Crippen LogP contribution in [0.4, 0.5) is 22.7 Å². The molecule has 0 saturated heterocycles. The first-order valence-electron chi connectivity index (χ1n) is 33.9. The number of ether oxygens (including phenoxy) is 2. The number of phenolic OH excluding ortho intramolecular Hbond substituents is 2. The number of non-ortho nitro benzene ring substituents is 2. The molecular weight excluding hydrogens is 1320 g/mol. The molecule has 0 saturated carbocycles. The number of nitrogens with two attached hydrogens (primary N) is 2. The van der Waals surface area contributed by atoms with E-state index in [1.54, 1.807) is 44.6 Å². The van der Waals surface area contributed by atoms with E-state index in [1.807, 2.05) is 48.5 Å². The number of hydrogen-bond acceptors (Lipinski definition) is 14. The Hall–Kier alpha value is -7.64. The van der Waals surface area contributed by atoms with Crippen LogP contribution in [0.5, 0.6) is 23.0 Å². The molecule has 0 fully saturated rings. The number of aromatic hydroxyl groups is 2. The van der Waals surface area contributed by atoms with E-state index in [4.69, 9.17) is 67.3 Å². The van der Waals surface area contributed by atoms with Crippen molar-refractivity contribution in [2.45, 2.75) is 125 Å². The number of likely N-dealkylation sites (N-methyl/N-ethyl adjacent to an activating group) is 4. The van der Waals surface area contributed by atoms with Crippen LogP contribution in [0.25, 0.3) is 0 Å². The van der Waals surface area contributed by atoms with E-state index in [9.17, 15) is 30.4 Å². The number of hydrogen-bond donors (Lipinski definition) is 4. The minimum Gasteiger partial charge on any atom is -0.506 e. The molecule has 4 aliphatic carbocycles. The van der Waals surface area contributed by atoms with Gasteiger partial charge in [0.25, 0.3) is 11.4 Å². The van der Waals surface area contributed by atoms with E-state index in [0.29, 0.717) is 55.9 Å². The Bertz CT molecular complexity index is 4420. The van der Waals surface area contributed by atoms with Crippen molar-refractivity contribution in [1.82, 2.24) is 19.6 Å². The Morgan fingerprint density at radius 1 is 0.378 bits per heavy atom. The zero-order chi connectivity index (χ0) is 69.1. The van der Waals surface area contributed by atoms with E-state index in [-0.39, 0.29) is 50.5 Å². The zero-order valence-electron chi connectivity index (χ0n) is 56.2. The topological polar surface area (TPSA) is 210 Å². The van der Waals surface area contributed by atoms with Gasteiger partial charge in [0.1, 0.15) is 23.0 Å². The maximum absolute atomic E-state index is 11.2. The molecule has 0 radical (unpaired) electrons. The highest BCUT2D eigenvalue weighted by molar-refractivity contribution is 6.33. The summed E-state index contributed by atoms with van der Waals surface area (Å²) in [5, 5.41) is 44.7. The third-order valence-corrected chi connectivity index (χ3v) is 23.7. The van der Waals surface area contributed by atoms with Crippen LogP contribution in [0.3, 0.4) is 0 Å². The van der Waals surface area contributed by atoms with Gasteiger partial charge < -0.3 is 50.8 Å². The van der Waals surface area contributed by atoms with Crippen molar-refractivity contribution in [3.8, 4) is 23.0 Å². The molecule has 8 atom stereocenters. The van der Waals surface area contributed by atoms with Crippen molar-refractivity contribution >= 4 is 69.2 Å². The van der Waals surface area contributed by atoms with Gasteiger partial charge in [0.2, 0.25) is 0 Å². The van der Waals surface area contributed by atoms with Gasteiger partial charge in [-0.1, -0.05) is 70.7 Å². The van der Waals surface area contributed by atoms with Crippen LogP contribution in [0.2, 0.25) is 20.1 Å². The quantitative estimate of drug-likeness (QED) is 0.0734. The van der Waals surface area contributed by atoms with Crippen LogP contribution < -0.4 is 20.9 Å². The van der Waals surface area contributed by atoms with Crippen LogP contribution in [0.1, 0.15) is 138 Å². The second-order valence-corrected chi connectivity index (χ2v) is 29.5. The molecule has 8 aliphatic rings. The molecule has 0 aromatic heterocycles. The standard InChI is InChI=1S/C20H21ClN2O3.C20H23ClN2O.C19H19ClN2O3.C19H21ClN2O/c1-22-8-7-13-10-17(21)19(26-2)11-16(13)20-15-5-4-14(23(24)25)9-12(15)3-6-18(20)22;1-23-8-7-13-10-17(21)19(24-2)11-16(13)20-15-5-4-14(22)9-12(15)3-6-18(20)23;1-21-7-6-12-9-16(20)18(23)10-15(12)19-14-4-3-13(22(24)25)8-11(14)2-5-17(19)21;1-22-7-6-12-9-16(20)18(23)10-15(12)19-14-4-3-13(21)8-11(14)2-5-17(19)22/h4-5,9-11,18,20H,3,6-8H2,1-2H3;4-5,9-11,18,20H,3,6-8,22H2,1-2H3;3-4,8-10,17,19,23H,2,5-7H2,1H3;3-4,8-10,17,19,23H,2,5-7,21H2,1H3/t2*18-,20+;2*17-,19+/m0000/s1. The number of aryl methyl sites for hydroxylation is 4. The van der Waals surface area contributed by atoms with E-state index in [0.717, 1.165) is 148 Å². The van der Waals surface area contributed by atoms with Gasteiger partial charge in [-0.15, -0.1) is 0 Å². The van der Waals surface area contributed by atoms with Gasteiger partial charge in [-0.05, 0) is 267 Å². The number of nitro groups is 2. The van der Waals surface area contributed by atoms with Crippen LogP contribution in [0.15, 0.2) is 121 Å². The molecule has 4 aliphatic heterocycles. The van der Waals surface area contributed by atoms with Crippen molar-refractivity contribution < 1.29 is 29.5 Å². The second kappa shape index (κ2) is 28.5. The molecule has 6 N–H and O–H groups in total. The minimum atomic E-state index is -0.342. The molecule has 512 valence electrons. The highest BCUT2D eigenvalue weighted by Gasteiger charge is 2.42. The van der Waals surface area contributed by atoms with Crippen LogP contribution in [0, 0.1) is 20.2 Å². The predicted molar refractivity (Wildman–Crippen MR) is 391 cm³/mol. The summed E-state index contributed by atoms with van der Waals surface area (Å²) in [6.45, 7) is 3.97. The van der Waals surface area contributed by atoms with Crippen molar-refractivity contribution in [2.24, 2.45) is 0 Å². The average molecular weight is 1400 g/mol. The summed E-state index contributed by atoms with van der Waals surface area (Å²) < 4.78 is 11.0. The molecule has 0 spiro atoms. The highest BCUT2D eigenvalue weighted by Crippen LogP contribution is 2.50. The first-order valence-corrected chi connectivity index (χ1v) is 35.5. The normalized spacial score (nSPS) is 22.7. The smallest absolute Gasteiger partial charge is 0.269 e. The SMILES string of the molecule is CN1CCc2cc(Cl)c(O)cc2[C@H]2c3ccc(N)cc3CC[C@@H]21.CN1CCc2cc(Cl)c(O)cc2[C@H]2c3ccc([N+](=O)[O-])cc3CC[C@@H]21.COc1cc2c(cc1Cl)CCN(C)[C@H]1CCc3cc(N)ccc3[C@H]21.COc1cc2c(cc1Cl)CCN(C)[C@H]1CCc3cc([N+](=O)[O-])ccc3[C@H]21. The largest absolute Gasteiger partial charge is 0.506 e. The third-order valence-electron chi connectivity index (χ3n) is 22.5. The van der Waals surface area contributed by atoms with Gasteiger partial charge in [-0.2, -0.15) is 0 Å². The van der Waals surface area contributed by atoms with Gasteiger partial charge in [-0.25, -0.2) is 0 Å². The van der Waals surface area contributed by atoms with E-state index < -0.39 is 0 Å². The van der Waals surface area contributed by atoms with Gasteiger partial charge in [0, 0.05) is 110 Å². The lowest BCUT2D eigenvalue weighted by Gasteiger charge is -2.38. The lowest BCUT2D eigenvalue weighted by Crippen LogP contribution is -2.39. The summed E-state index contributed by atoms with van der Waals surface area (Å²) in [5.74, 6) is 2.61. The Labute approximate surface area is 593 Å². The number of rotatable bonds is 4. The van der Waals surface area contributed by atoms with Crippen molar-refractivity contribution in [3.63, 3.8) is 0 Å². The van der Waals surface area contributed by atoms with Crippen LogP contribution in [-0.4, -0.2) is 132 Å². The summed E-state index contributed by atoms with van der Waals surface area (Å²) in [6, 6.07) is 40.5. The van der Waals surface area contributed by atoms with E-state index in [1.165, 1.54) is 61.2 Å². The van der Waals surface area contributed by atoms with Gasteiger partial charge in [0.15, 0.2) is 0 Å². The van der Waals surface area contributed by atoms with Gasteiger partial charge in [0.05, 0.1) is 44.2 Å². The number of methoxy groups -OCH3 is 2. The number of nitrogen functional groups attached to an aromatic ring is 2. The second-order valence-electron chi connectivity index (χ2n) is 27.8.